The minimum absolute atomic E-state index is 0.00685. The predicted molar refractivity (Wildman–Crippen MR) is 64.9 cm³/mol. The molecule has 0 aromatic heterocycles. The number of benzene rings is 2. The molecule has 0 fully saturated rings. The zero-order valence-corrected chi connectivity index (χ0v) is 9.02. The van der Waals surface area contributed by atoms with E-state index >= 15 is 0 Å². The Morgan fingerprint density at radius 1 is 0.733 bits per heavy atom. The first-order chi connectivity index (χ1) is 7.42. The largest absolute Gasteiger partial charge is 0.329 e. The van der Waals surface area contributed by atoms with Crippen molar-refractivity contribution in [3.05, 3.63) is 71.8 Å². The lowest BCUT2D eigenvalue weighted by Gasteiger charge is -2.13. The first kappa shape index (κ1) is 10.3. The van der Waals surface area contributed by atoms with Crippen molar-refractivity contribution in [3.8, 4) is 0 Å². The van der Waals surface area contributed by atoms with E-state index in [1.807, 2.05) is 60.7 Å². The van der Waals surface area contributed by atoms with E-state index in [0.717, 1.165) is 23.2 Å². The van der Waals surface area contributed by atoms with Crippen molar-refractivity contribution in [1.29, 1.82) is 0 Å². The fourth-order valence-corrected chi connectivity index (χ4v) is 2.13. The van der Waals surface area contributed by atoms with E-state index < -0.39 is 0 Å². The predicted octanol–water partition coefficient (Wildman–Crippen LogP) is 3.98. The highest BCUT2D eigenvalue weighted by molar-refractivity contribution is 7.94. The Morgan fingerprint density at radius 2 is 1.13 bits per heavy atom. The van der Waals surface area contributed by atoms with Gasteiger partial charge in [-0.3, -0.25) is 0 Å². The molecule has 2 rings (SSSR count). The third-order valence-electron chi connectivity index (χ3n) is 2.31. The van der Waals surface area contributed by atoms with E-state index in [4.69, 9.17) is 0 Å². The van der Waals surface area contributed by atoms with E-state index in [0.29, 0.717) is 0 Å². The molecule has 0 aliphatic carbocycles. The van der Waals surface area contributed by atoms with Crippen molar-refractivity contribution < 1.29 is 4.55 Å². The van der Waals surface area contributed by atoms with Crippen LogP contribution < -0.4 is 0 Å². The average molecular weight is 216 g/mol. The van der Waals surface area contributed by atoms with Crippen molar-refractivity contribution in [2.75, 3.05) is 0 Å². The van der Waals surface area contributed by atoms with Crippen molar-refractivity contribution in [2.45, 2.75) is 5.25 Å². The van der Waals surface area contributed by atoms with E-state index in [2.05, 4.69) is 0 Å². The molecule has 0 unspecified atom stereocenters. The molecule has 76 valence electrons. The van der Waals surface area contributed by atoms with Gasteiger partial charge in [-0.2, -0.15) is 0 Å². The molecule has 0 bridgehead atoms. The van der Waals surface area contributed by atoms with Crippen LogP contribution in [0.3, 0.4) is 0 Å². The third kappa shape index (κ3) is 2.41. The Morgan fingerprint density at radius 3 is 1.47 bits per heavy atom. The molecule has 15 heavy (non-hydrogen) atoms. The highest BCUT2D eigenvalue weighted by Crippen LogP contribution is 2.32. The SMILES string of the molecule is OSC(c1ccccc1)c1ccccc1. The second kappa shape index (κ2) is 5.01. The topological polar surface area (TPSA) is 20.2 Å². The van der Waals surface area contributed by atoms with Crippen molar-refractivity contribution >= 4 is 12.0 Å². The van der Waals surface area contributed by atoms with Crippen LogP contribution >= 0.6 is 12.0 Å². The van der Waals surface area contributed by atoms with E-state index in [-0.39, 0.29) is 5.25 Å². The normalized spacial score (nSPS) is 10.5. The van der Waals surface area contributed by atoms with Crippen LogP contribution in [0.4, 0.5) is 0 Å². The van der Waals surface area contributed by atoms with Crippen molar-refractivity contribution in [2.24, 2.45) is 0 Å². The van der Waals surface area contributed by atoms with Crippen LogP contribution in [0.2, 0.25) is 0 Å². The van der Waals surface area contributed by atoms with Gasteiger partial charge in [0.05, 0.1) is 5.25 Å². The minimum atomic E-state index is 0.00685. The molecule has 0 aliphatic heterocycles. The van der Waals surface area contributed by atoms with Gasteiger partial charge in [0, 0.05) is 12.0 Å². The quantitative estimate of drug-likeness (QED) is 0.783. The smallest absolute Gasteiger partial charge is 0.0807 e. The summed E-state index contributed by atoms with van der Waals surface area (Å²) in [4.78, 5) is 0. The Hall–Kier alpha value is -1.25. The van der Waals surface area contributed by atoms with Crippen LogP contribution in [0.5, 0.6) is 0 Å². The highest BCUT2D eigenvalue weighted by Gasteiger charge is 2.12. The molecule has 0 amide bonds. The summed E-state index contributed by atoms with van der Waals surface area (Å²) in [5.41, 5.74) is 2.24. The van der Waals surface area contributed by atoms with Gasteiger partial charge >= 0.3 is 0 Å². The molecule has 2 heteroatoms. The Kier molecular flexibility index (Phi) is 3.43. The van der Waals surface area contributed by atoms with Gasteiger partial charge < -0.3 is 4.55 Å². The second-order valence-electron chi connectivity index (χ2n) is 3.31. The molecule has 2 aromatic carbocycles. The summed E-state index contributed by atoms with van der Waals surface area (Å²) in [5.74, 6) is 0. The van der Waals surface area contributed by atoms with Gasteiger partial charge in [-0.05, 0) is 11.1 Å². The number of hydrogen-bond donors (Lipinski definition) is 1. The Labute approximate surface area is 94.0 Å². The maximum absolute atomic E-state index is 9.35. The zero-order valence-electron chi connectivity index (χ0n) is 8.21. The lowest BCUT2D eigenvalue weighted by Crippen LogP contribution is -1.95. The molecule has 0 atom stereocenters. The van der Waals surface area contributed by atoms with Gasteiger partial charge in [-0.1, -0.05) is 60.7 Å². The fourth-order valence-electron chi connectivity index (χ4n) is 1.57. The van der Waals surface area contributed by atoms with Crippen molar-refractivity contribution in [1.82, 2.24) is 0 Å². The summed E-state index contributed by atoms with van der Waals surface area (Å²) >= 11 is 0.876. The Balaban J connectivity index is 2.34. The lowest BCUT2D eigenvalue weighted by molar-refractivity contribution is 0.657. The molecule has 0 radical (unpaired) electrons. The molecular formula is C13H12OS. The van der Waals surface area contributed by atoms with Gasteiger partial charge in [0.15, 0.2) is 0 Å². The van der Waals surface area contributed by atoms with Gasteiger partial charge in [0.25, 0.3) is 0 Å². The summed E-state index contributed by atoms with van der Waals surface area (Å²) in [6, 6.07) is 20.0. The molecule has 0 spiro atoms. The maximum Gasteiger partial charge on any atom is 0.0807 e. The van der Waals surface area contributed by atoms with Gasteiger partial charge in [0.2, 0.25) is 0 Å². The van der Waals surface area contributed by atoms with Gasteiger partial charge in [-0.25, -0.2) is 0 Å². The van der Waals surface area contributed by atoms with Crippen LogP contribution in [0.1, 0.15) is 16.4 Å². The first-order valence-corrected chi connectivity index (χ1v) is 5.65. The summed E-state index contributed by atoms with van der Waals surface area (Å²) < 4.78 is 9.35. The minimum Gasteiger partial charge on any atom is -0.329 e. The maximum atomic E-state index is 9.35. The summed E-state index contributed by atoms with van der Waals surface area (Å²) in [6.07, 6.45) is 0. The molecule has 2 aromatic rings. The van der Waals surface area contributed by atoms with Crippen LogP contribution in [0, 0.1) is 0 Å². The summed E-state index contributed by atoms with van der Waals surface area (Å²) in [5, 5.41) is 0.00685. The molecular weight excluding hydrogens is 204 g/mol. The highest BCUT2D eigenvalue weighted by atomic mass is 32.2. The van der Waals surface area contributed by atoms with E-state index in [9.17, 15) is 4.55 Å². The van der Waals surface area contributed by atoms with E-state index in [1.54, 1.807) is 0 Å². The molecule has 1 N–H and O–H groups in total. The Bertz CT molecular complexity index is 360. The average Bonchev–Trinajstić information content (AvgIpc) is 2.33. The molecule has 0 aliphatic rings. The monoisotopic (exact) mass is 216 g/mol. The molecule has 1 nitrogen and oxygen atoms in total. The van der Waals surface area contributed by atoms with Crippen LogP contribution in [-0.2, 0) is 0 Å². The van der Waals surface area contributed by atoms with Gasteiger partial charge in [0.1, 0.15) is 0 Å². The fraction of sp³-hybridized carbons (Fsp3) is 0.0769. The van der Waals surface area contributed by atoms with Crippen LogP contribution in [0.15, 0.2) is 60.7 Å². The second-order valence-corrected chi connectivity index (χ2v) is 3.99. The third-order valence-corrected chi connectivity index (χ3v) is 3.07. The molecule has 0 saturated carbocycles. The number of hydrogen-bond acceptors (Lipinski definition) is 2. The van der Waals surface area contributed by atoms with E-state index in [1.165, 1.54) is 0 Å². The van der Waals surface area contributed by atoms with Crippen LogP contribution in [0.25, 0.3) is 0 Å². The number of rotatable bonds is 3. The lowest BCUT2D eigenvalue weighted by atomic mass is 10.0. The van der Waals surface area contributed by atoms with Crippen molar-refractivity contribution in [3.63, 3.8) is 0 Å². The summed E-state index contributed by atoms with van der Waals surface area (Å²) in [7, 11) is 0. The standard InChI is InChI=1S/C13H12OS/c14-15-13(11-7-3-1-4-8-11)12-9-5-2-6-10-12/h1-10,13-14H. The molecule has 0 saturated heterocycles. The van der Waals surface area contributed by atoms with Crippen LogP contribution in [-0.4, -0.2) is 4.55 Å². The molecule has 0 heterocycles. The zero-order chi connectivity index (χ0) is 10.5. The summed E-state index contributed by atoms with van der Waals surface area (Å²) in [6.45, 7) is 0. The first-order valence-electron chi connectivity index (χ1n) is 4.82. The van der Waals surface area contributed by atoms with Gasteiger partial charge in [-0.15, -0.1) is 0 Å².